The lowest BCUT2D eigenvalue weighted by Gasteiger charge is -2.18. The highest BCUT2D eigenvalue weighted by molar-refractivity contribution is 5.89. The van der Waals surface area contributed by atoms with Crippen molar-refractivity contribution in [3.8, 4) is 0 Å². The summed E-state index contributed by atoms with van der Waals surface area (Å²) >= 11 is 0. The fourth-order valence-electron chi connectivity index (χ4n) is 2.73. The second kappa shape index (κ2) is 12.0. The summed E-state index contributed by atoms with van der Waals surface area (Å²) in [5.74, 6) is -2.25. The Bertz CT molecular complexity index is 489. The van der Waals surface area contributed by atoms with Gasteiger partial charge in [-0.15, -0.1) is 0 Å². The molecular weight excluding hydrogens is 310 g/mol. The number of unbranched alkanes of at least 4 members (excludes halogenated alkanes) is 6. The number of ether oxygens (including phenoxy) is 1. The first-order chi connectivity index (χ1) is 11.6. The van der Waals surface area contributed by atoms with E-state index < -0.39 is 17.6 Å². The third kappa shape index (κ3) is 7.89. The Morgan fingerprint density at radius 2 is 1.54 bits per heavy atom. The van der Waals surface area contributed by atoms with Gasteiger partial charge in [0, 0.05) is 6.07 Å². The van der Waals surface area contributed by atoms with Crippen molar-refractivity contribution in [2.45, 2.75) is 84.2 Å². The van der Waals surface area contributed by atoms with E-state index in [1.807, 2.05) is 0 Å². The van der Waals surface area contributed by atoms with Crippen LogP contribution in [-0.2, 0) is 4.74 Å². The molecule has 0 amide bonds. The fourth-order valence-corrected chi connectivity index (χ4v) is 2.73. The molecule has 136 valence electrons. The first kappa shape index (κ1) is 20.6. The van der Waals surface area contributed by atoms with Crippen LogP contribution in [0.4, 0.5) is 8.78 Å². The summed E-state index contributed by atoms with van der Waals surface area (Å²) in [5, 5.41) is 0. The molecule has 0 fully saturated rings. The Balaban J connectivity index is 2.56. The molecule has 0 radical (unpaired) electrons. The van der Waals surface area contributed by atoms with Gasteiger partial charge in [-0.25, -0.2) is 13.6 Å². The van der Waals surface area contributed by atoms with Gasteiger partial charge in [0.2, 0.25) is 0 Å². The number of hydrogen-bond acceptors (Lipinski definition) is 2. The Morgan fingerprint density at radius 3 is 2.17 bits per heavy atom. The molecule has 0 aliphatic heterocycles. The number of carbonyl (C=O) groups excluding carboxylic acids is 1. The van der Waals surface area contributed by atoms with Crippen molar-refractivity contribution in [1.29, 1.82) is 0 Å². The van der Waals surface area contributed by atoms with E-state index in [-0.39, 0.29) is 11.7 Å². The molecule has 0 heterocycles. The summed E-state index contributed by atoms with van der Waals surface area (Å²) in [7, 11) is 0. The van der Waals surface area contributed by atoms with Crippen molar-refractivity contribution < 1.29 is 18.3 Å². The van der Waals surface area contributed by atoms with E-state index in [9.17, 15) is 13.6 Å². The van der Waals surface area contributed by atoms with Gasteiger partial charge >= 0.3 is 5.97 Å². The van der Waals surface area contributed by atoms with Crippen LogP contribution in [0, 0.1) is 11.6 Å². The lowest BCUT2D eigenvalue weighted by Crippen LogP contribution is -2.19. The minimum Gasteiger partial charge on any atom is -0.459 e. The van der Waals surface area contributed by atoms with Crippen LogP contribution in [-0.4, -0.2) is 12.1 Å². The standard InChI is InChI=1S/C20H30F2O2/c1-3-5-7-8-10-12-17(11-9-6-4-2)24-20(23)18-14-13-16(21)15-19(18)22/h13-15,17H,3-12H2,1-2H3. The second-order valence-corrected chi connectivity index (χ2v) is 6.35. The number of rotatable bonds is 12. The van der Waals surface area contributed by atoms with Gasteiger partial charge in [0.15, 0.2) is 0 Å². The zero-order valence-corrected chi connectivity index (χ0v) is 15.0. The van der Waals surface area contributed by atoms with E-state index >= 15 is 0 Å². The van der Waals surface area contributed by atoms with E-state index in [1.54, 1.807) is 0 Å². The Kier molecular flexibility index (Phi) is 10.3. The van der Waals surface area contributed by atoms with Crippen LogP contribution in [0.1, 0.15) is 88.4 Å². The molecule has 0 saturated carbocycles. The Hall–Kier alpha value is -1.45. The van der Waals surface area contributed by atoms with Crippen LogP contribution >= 0.6 is 0 Å². The number of halogens is 2. The summed E-state index contributed by atoms with van der Waals surface area (Å²) < 4.78 is 32.2. The third-order valence-corrected chi connectivity index (χ3v) is 4.18. The van der Waals surface area contributed by atoms with E-state index in [1.165, 1.54) is 19.3 Å². The maximum Gasteiger partial charge on any atom is 0.341 e. The van der Waals surface area contributed by atoms with Crippen molar-refractivity contribution in [2.75, 3.05) is 0 Å². The van der Waals surface area contributed by atoms with Gasteiger partial charge in [-0.2, -0.15) is 0 Å². The lowest BCUT2D eigenvalue weighted by molar-refractivity contribution is 0.0244. The molecule has 1 unspecified atom stereocenters. The Morgan fingerprint density at radius 1 is 0.958 bits per heavy atom. The summed E-state index contributed by atoms with van der Waals surface area (Å²) in [6, 6.07) is 2.95. The van der Waals surface area contributed by atoms with Gasteiger partial charge in [-0.3, -0.25) is 0 Å². The second-order valence-electron chi connectivity index (χ2n) is 6.35. The third-order valence-electron chi connectivity index (χ3n) is 4.18. The van der Waals surface area contributed by atoms with Gasteiger partial charge in [-0.1, -0.05) is 52.4 Å². The van der Waals surface area contributed by atoms with Crippen LogP contribution in [0.15, 0.2) is 18.2 Å². The molecule has 1 aromatic carbocycles. The molecule has 0 spiro atoms. The SMILES string of the molecule is CCCCCCCC(CCCCC)OC(=O)c1ccc(F)cc1F. The predicted molar refractivity (Wildman–Crippen MR) is 93.1 cm³/mol. The number of carbonyl (C=O) groups is 1. The van der Waals surface area contributed by atoms with Crippen molar-refractivity contribution >= 4 is 5.97 Å². The van der Waals surface area contributed by atoms with Crippen LogP contribution in [0.5, 0.6) is 0 Å². The lowest BCUT2D eigenvalue weighted by atomic mass is 10.0. The minimum atomic E-state index is -0.866. The molecule has 1 atom stereocenters. The molecular formula is C20H30F2O2. The predicted octanol–water partition coefficient (Wildman–Crippen LogP) is 6.43. The molecule has 0 aliphatic carbocycles. The molecule has 24 heavy (non-hydrogen) atoms. The zero-order valence-electron chi connectivity index (χ0n) is 15.0. The van der Waals surface area contributed by atoms with Gasteiger partial charge in [0.1, 0.15) is 17.7 Å². The molecule has 1 rings (SSSR count). The van der Waals surface area contributed by atoms with Gasteiger partial charge < -0.3 is 4.74 Å². The summed E-state index contributed by atoms with van der Waals surface area (Å²) in [6.45, 7) is 4.30. The van der Waals surface area contributed by atoms with Crippen LogP contribution < -0.4 is 0 Å². The molecule has 0 N–H and O–H groups in total. The zero-order chi connectivity index (χ0) is 17.8. The maximum absolute atomic E-state index is 13.7. The Labute approximate surface area is 144 Å². The highest BCUT2D eigenvalue weighted by Gasteiger charge is 2.19. The minimum absolute atomic E-state index is 0.185. The summed E-state index contributed by atoms with van der Waals surface area (Å²) in [6.07, 6.45) is 10.4. The molecule has 2 nitrogen and oxygen atoms in total. The summed E-state index contributed by atoms with van der Waals surface area (Å²) in [4.78, 5) is 12.2. The number of esters is 1. The normalized spacial score (nSPS) is 12.2. The van der Waals surface area contributed by atoms with Gasteiger partial charge in [0.05, 0.1) is 5.56 Å². The van der Waals surface area contributed by atoms with Gasteiger partial charge in [-0.05, 0) is 37.8 Å². The fraction of sp³-hybridized carbons (Fsp3) is 0.650. The highest BCUT2D eigenvalue weighted by atomic mass is 19.1. The highest BCUT2D eigenvalue weighted by Crippen LogP contribution is 2.18. The molecule has 0 bridgehead atoms. The van der Waals surface area contributed by atoms with Crippen LogP contribution in [0.2, 0.25) is 0 Å². The van der Waals surface area contributed by atoms with E-state index in [2.05, 4.69) is 13.8 Å². The van der Waals surface area contributed by atoms with E-state index in [4.69, 9.17) is 4.74 Å². The van der Waals surface area contributed by atoms with Crippen molar-refractivity contribution in [2.24, 2.45) is 0 Å². The monoisotopic (exact) mass is 340 g/mol. The first-order valence-corrected chi connectivity index (χ1v) is 9.24. The summed E-state index contributed by atoms with van der Waals surface area (Å²) in [5.41, 5.74) is -0.192. The van der Waals surface area contributed by atoms with Crippen molar-refractivity contribution in [1.82, 2.24) is 0 Å². The molecule has 0 aliphatic rings. The van der Waals surface area contributed by atoms with Crippen molar-refractivity contribution in [3.63, 3.8) is 0 Å². The van der Waals surface area contributed by atoms with E-state index in [0.29, 0.717) is 6.07 Å². The molecule has 1 aromatic rings. The molecule has 0 saturated heterocycles. The van der Waals surface area contributed by atoms with Crippen molar-refractivity contribution in [3.05, 3.63) is 35.4 Å². The van der Waals surface area contributed by atoms with E-state index in [0.717, 1.165) is 57.1 Å². The first-order valence-electron chi connectivity index (χ1n) is 9.24. The number of hydrogen-bond donors (Lipinski definition) is 0. The average Bonchev–Trinajstić information content (AvgIpc) is 2.54. The topological polar surface area (TPSA) is 26.3 Å². The number of benzene rings is 1. The van der Waals surface area contributed by atoms with Crippen LogP contribution in [0.3, 0.4) is 0 Å². The van der Waals surface area contributed by atoms with Crippen LogP contribution in [0.25, 0.3) is 0 Å². The largest absolute Gasteiger partial charge is 0.459 e. The average molecular weight is 340 g/mol. The molecule has 4 heteroatoms. The van der Waals surface area contributed by atoms with Gasteiger partial charge in [0.25, 0.3) is 0 Å². The quantitative estimate of drug-likeness (QED) is 0.324. The smallest absolute Gasteiger partial charge is 0.341 e. The molecule has 0 aromatic heterocycles. The maximum atomic E-state index is 13.7.